The third kappa shape index (κ3) is 16.9. The van der Waals surface area contributed by atoms with Crippen molar-refractivity contribution in [3.8, 4) is 6.07 Å². The number of hydrogen-bond acceptors (Lipinski definition) is 12. The predicted octanol–water partition coefficient (Wildman–Crippen LogP) is 6.67. The Morgan fingerprint density at radius 1 is 0.740 bits per heavy atom. The highest BCUT2D eigenvalue weighted by Crippen LogP contribution is 2.34. The Hall–Kier alpha value is -6.71. The number of nitrogens with one attached hydrogen (secondary N) is 1. The number of carbonyl (C=O) groups excluding carboxylic acids is 7. The molecule has 73 heavy (non-hydrogen) atoms. The molecule has 2 aromatic rings. The molecule has 2 N–H and O–H groups in total. The lowest BCUT2D eigenvalue weighted by Crippen LogP contribution is -2.64. The molecule has 4 fully saturated rings. The molecule has 3 heterocycles. The second-order valence-corrected chi connectivity index (χ2v) is 20.4. The van der Waals surface area contributed by atoms with E-state index in [-0.39, 0.29) is 31.5 Å². The van der Waals surface area contributed by atoms with Gasteiger partial charge in [-0.1, -0.05) is 87.4 Å². The Balaban J connectivity index is 0.000000455. The Bertz CT molecular complexity index is 2220. The first-order valence-electron chi connectivity index (χ1n) is 25.5. The molecule has 19 nitrogen and oxygen atoms in total. The number of amides is 6. The molecule has 0 aromatic heterocycles. The third-order valence-corrected chi connectivity index (χ3v) is 13.4. The lowest BCUT2D eigenvalue weighted by Gasteiger charge is -2.41. The molecule has 19 heteroatoms. The van der Waals surface area contributed by atoms with E-state index in [0.717, 1.165) is 30.4 Å². The first-order valence-corrected chi connectivity index (χ1v) is 25.5. The minimum absolute atomic E-state index is 0.0824. The number of rotatable bonds is 15. The number of benzene rings is 2. The van der Waals surface area contributed by atoms with Crippen molar-refractivity contribution in [2.75, 3.05) is 40.3 Å². The summed E-state index contributed by atoms with van der Waals surface area (Å²) in [6, 6.07) is 16.7. The average Bonchev–Trinajstić information content (AvgIpc) is 4.17. The second kappa shape index (κ2) is 27.9. The Kier molecular flexibility index (Phi) is 22.5. The molecule has 3 saturated heterocycles. The average molecular weight is 1020 g/mol. The molecule has 0 bridgehead atoms. The van der Waals surface area contributed by atoms with Crippen molar-refractivity contribution in [1.29, 1.82) is 5.26 Å². The third-order valence-electron chi connectivity index (χ3n) is 13.4. The molecule has 2 aromatic carbocycles. The van der Waals surface area contributed by atoms with Crippen LogP contribution in [0.5, 0.6) is 0 Å². The van der Waals surface area contributed by atoms with E-state index in [1.54, 1.807) is 38.8 Å². The topological polar surface area (TPSA) is 236 Å². The summed E-state index contributed by atoms with van der Waals surface area (Å²) in [6.07, 6.45) is 5.68. The molecule has 3 aliphatic heterocycles. The van der Waals surface area contributed by atoms with Gasteiger partial charge in [0, 0.05) is 47.2 Å². The van der Waals surface area contributed by atoms with Crippen LogP contribution >= 0.6 is 0 Å². The zero-order valence-corrected chi connectivity index (χ0v) is 44.0. The molecular weight excluding hydrogens is 939 g/mol. The van der Waals surface area contributed by atoms with Crippen LogP contribution in [0.25, 0.3) is 0 Å². The largest absolute Gasteiger partial charge is 0.480 e. The molecule has 1 aliphatic carbocycles. The maximum atomic E-state index is 14.5. The van der Waals surface area contributed by atoms with Crippen LogP contribution in [0.4, 0.5) is 9.59 Å². The van der Waals surface area contributed by atoms with Gasteiger partial charge in [-0.05, 0) is 95.6 Å². The van der Waals surface area contributed by atoms with Crippen molar-refractivity contribution in [2.45, 2.75) is 167 Å². The second-order valence-electron chi connectivity index (χ2n) is 20.4. The van der Waals surface area contributed by atoms with Gasteiger partial charge in [-0.15, -0.1) is 0 Å². The molecule has 6 rings (SSSR count). The SMILES string of the molecule is CC#N.CC(C)[C@@H](C(=O)N(C)[C@@H](CC(=O)OC(C)(C)C)C(=O)N1CCCCC1)N(C)C(=O)C1(NC(=O)[C@@H]2CCCN2C(=O)OCc2ccccc2)CCCC1.O=C(O)[C@@H]1CCCN1C(=O)OCc1ccccc1. The molecule has 4 atom stereocenters. The van der Waals surface area contributed by atoms with Gasteiger partial charge in [-0.2, -0.15) is 5.26 Å². The smallest absolute Gasteiger partial charge is 0.410 e. The van der Waals surface area contributed by atoms with Crippen LogP contribution in [0.2, 0.25) is 0 Å². The van der Waals surface area contributed by atoms with Gasteiger partial charge in [0.25, 0.3) is 0 Å². The van der Waals surface area contributed by atoms with Gasteiger partial charge in [0.15, 0.2) is 0 Å². The van der Waals surface area contributed by atoms with Crippen molar-refractivity contribution >= 4 is 47.8 Å². The number of likely N-dealkylation sites (N-methyl/N-ethyl adjacent to an activating group) is 2. The molecule has 400 valence electrons. The fraction of sp³-hybridized carbons (Fsp3) is 0.611. The standard InChI is InChI=1S/C39H59N5O8.C13H15NO4.C2H3N/c1-27(2)32(35(48)41(6)30(25-31(45)52-38(3,4)5)34(47)43-22-14-9-15-23-43)42(7)36(49)39(20-12-13-21-39)40-33(46)29-19-16-24-44(29)37(50)51-26-28-17-10-8-11-18-28;15-12(16)11-7-4-8-14(11)13(17)18-9-10-5-2-1-3-6-10;1-2-3/h8,10-11,17-18,27,29-30,32H,9,12-16,19-26H2,1-7H3,(H,40,46);1-3,5-6,11H,4,7-9H2,(H,15,16);1H3/t29-,30-,32-;11-;/m00./s1. The highest BCUT2D eigenvalue weighted by molar-refractivity contribution is 5.98. The van der Waals surface area contributed by atoms with E-state index in [1.807, 2.05) is 74.5 Å². The minimum Gasteiger partial charge on any atom is -0.480 e. The molecule has 0 unspecified atom stereocenters. The number of carboxylic acids is 1. The van der Waals surface area contributed by atoms with E-state index in [2.05, 4.69) is 5.32 Å². The first kappa shape index (κ1) is 58.9. The van der Waals surface area contributed by atoms with Crippen LogP contribution in [-0.2, 0) is 56.2 Å². The maximum Gasteiger partial charge on any atom is 0.410 e. The number of ether oxygens (including phenoxy) is 3. The number of aliphatic carboxylic acids is 1. The fourth-order valence-corrected chi connectivity index (χ4v) is 9.77. The van der Waals surface area contributed by atoms with E-state index in [4.69, 9.17) is 24.6 Å². The van der Waals surface area contributed by atoms with Gasteiger partial charge >= 0.3 is 24.1 Å². The van der Waals surface area contributed by atoms with Crippen LogP contribution in [0, 0.1) is 17.2 Å². The molecule has 0 radical (unpaired) electrons. The summed E-state index contributed by atoms with van der Waals surface area (Å²) in [4.78, 5) is 113. The molecular formula is C54H77N7O12. The zero-order valence-electron chi connectivity index (χ0n) is 44.0. The fourth-order valence-electron chi connectivity index (χ4n) is 9.77. The van der Waals surface area contributed by atoms with E-state index in [0.29, 0.717) is 77.5 Å². The number of esters is 1. The normalized spacial score (nSPS) is 18.8. The lowest BCUT2D eigenvalue weighted by molar-refractivity contribution is -0.162. The van der Waals surface area contributed by atoms with Crippen LogP contribution in [-0.4, -0.2) is 153 Å². The minimum atomic E-state index is -1.26. The van der Waals surface area contributed by atoms with Crippen LogP contribution in [0.15, 0.2) is 60.7 Å². The Labute approximate surface area is 430 Å². The quantitative estimate of drug-likeness (QED) is 0.140. The summed E-state index contributed by atoms with van der Waals surface area (Å²) in [5, 5.41) is 19.3. The number of nitriles is 1. The lowest BCUT2D eigenvalue weighted by atomic mass is 9.91. The monoisotopic (exact) mass is 1020 g/mol. The number of nitrogens with zero attached hydrogens (tertiary/aromatic N) is 6. The zero-order chi connectivity index (χ0) is 53.9. The van der Waals surface area contributed by atoms with Gasteiger partial charge in [-0.3, -0.25) is 33.8 Å². The van der Waals surface area contributed by atoms with E-state index in [1.165, 1.54) is 33.6 Å². The van der Waals surface area contributed by atoms with Gasteiger partial charge in [0.1, 0.15) is 48.5 Å². The van der Waals surface area contributed by atoms with Crippen molar-refractivity contribution in [1.82, 2.24) is 29.8 Å². The summed E-state index contributed by atoms with van der Waals surface area (Å²) in [5.74, 6) is -3.55. The number of likely N-dealkylation sites (tertiary alicyclic amines) is 3. The molecule has 1 saturated carbocycles. The number of carbonyl (C=O) groups is 8. The van der Waals surface area contributed by atoms with Gasteiger partial charge in [0.2, 0.25) is 23.6 Å². The molecule has 6 amide bonds. The summed E-state index contributed by atoms with van der Waals surface area (Å²) in [5.41, 5.74) is -0.318. The molecule has 0 spiro atoms. The summed E-state index contributed by atoms with van der Waals surface area (Å²) in [6.45, 7) is 12.5. The number of carboxylic acid groups (broad SMARTS) is 1. The van der Waals surface area contributed by atoms with Gasteiger partial charge < -0.3 is 39.3 Å². The van der Waals surface area contributed by atoms with Crippen LogP contribution in [0.1, 0.15) is 130 Å². The molecule has 4 aliphatic rings. The van der Waals surface area contributed by atoms with E-state index < -0.39 is 77.2 Å². The van der Waals surface area contributed by atoms with Crippen molar-refractivity contribution in [2.24, 2.45) is 5.92 Å². The maximum absolute atomic E-state index is 14.5. The van der Waals surface area contributed by atoms with Crippen LogP contribution < -0.4 is 5.32 Å². The van der Waals surface area contributed by atoms with Crippen molar-refractivity contribution in [3.63, 3.8) is 0 Å². The Morgan fingerprint density at radius 2 is 1.22 bits per heavy atom. The van der Waals surface area contributed by atoms with Gasteiger partial charge in [0.05, 0.1) is 12.5 Å². The predicted molar refractivity (Wildman–Crippen MR) is 270 cm³/mol. The first-order chi connectivity index (χ1) is 34.6. The van der Waals surface area contributed by atoms with E-state index >= 15 is 0 Å². The van der Waals surface area contributed by atoms with Crippen LogP contribution in [0.3, 0.4) is 0 Å². The summed E-state index contributed by atoms with van der Waals surface area (Å²) in [7, 11) is 3.06. The highest BCUT2D eigenvalue weighted by atomic mass is 16.6. The number of hydrogen-bond donors (Lipinski definition) is 2. The Morgan fingerprint density at radius 3 is 1.68 bits per heavy atom. The van der Waals surface area contributed by atoms with Crippen molar-refractivity contribution in [3.05, 3.63) is 71.8 Å². The van der Waals surface area contributed by atoms with Crippen molar-refractivity contribution < 1.29 is 57.7 Å². The number of piperidine rings is 1. The highest BCUT2D eigenvalue weighted by Gasteiger charge is 2.50. The van der Waals surface area contributed by atoms with Gasteiger partial charge in [-0.25, -0.2) is 14.4 Å². The van der Waals surface area contributed by atoms with E-state index in [9.17, 15) is 38.4 Å². The summed E-state index contributed by atoms with van der Waals surface area (Å²) >= 11 is 0. The summed E-state index contributed by atoms with van der Waals surface area (Å²) < 4.78 is 16.2.